The Morgan fingerprint density at radius 2 is 1.95 bits per heavy atom. The molecule has 3 atom stereocenters. The van der Waals surface area contributed by atoms with Crippen molar-refractivity contribution in [3.05, 3.63) is 53.7 Å². The quantitative estimate of drug-likeness (QED) is 0.366. The van der Waals surface area contributed by atoms with Gasteiger partial charge in [-0.2, -0.15) is 15.2 Å². The number of benzene rings is 1. The third-order valence-electron chi connectivity index (χ3n) is 8.99. The topological polar surface area (TPSA) is 98.5 Å². The molecule has 0 N–H and O–H groups in total. The molecule has 0 unspecified atom stereocenters. The van der Waals surface area contributed by atoms with Crippen LogP contribution in [-0.2, 0) is 17.6 Å². The highest BCUT2D eigenvalue weighted by molar-refractivity contribution is 5.92. The van der Waals surface area contributed by atoms with Crippen molar-refractivity contribution in [2.75, 3.05) is 44.7 Å². The predicted octanol–water partition coefficient (Wildman–Crippen LogP) is 4.39. The summed E-state index contributed by atoms with van der Waals surface area (Å²) in [6.07, 6.45) is 5.15. The number of likely N-dealkylation sites (tertiary alicyclic amines) is 1. The molecule has 3 aliphatic rings. The number of rotatable bonds is 7. The number of alkyl halides is 1. The van der Waals surface area contributed by atoms with E-state index >= 15 is 4.39 Å². The maximum atomic E-state index is 16.5. The molecule has 1 aromatic carbocycles. The van der Waals surface area contributed by atoms with E-state index in [1.807, 2.05) is 16.8 Å². The zero-order valence-corrected chi connectivity index (χ0v) is 24.6. The first-order valence-electron chi connectivity index (χ1n) is 15.0. The molecule has 2 aliphatic heterocycles. The Labute approximate surface area is 253 Å². The van der Waals surface area contributed by atoms with Gasteiger partial charge in [0.2, 0.25) is 5.91 Å². The van der Waals surface area contributed by atoms with Gasteiger partial charge in [0.05, 0.1) is 23.9 Å². The molecular weight excluding hydrogens is 571 g/mol. The van der Waals surface area contributed by atoms with Crippen LogP contribution in [0.2, 0.25) is 0 Å². The monoisotopic (exact) mass is 605 g/mol. The second kappa shape index (κ2) is 12.4. The van der Waals surface area contributed by atoms with Crippen LogP contribution in [0.3, 0.4) is 0 Å². The van der Waals surface area contributed by atoms with Gasteiger partial charge in [0.25, 0.3) is 0 Å². The minimum Gasteiger partial charge on any atom is -0.462 e. The highest BCUT2D eigenvalue weighted by atomic mass is 19.1. The van der Waals surface area contributed by atoms with Crippen molar-refractivity contribution in [3.8, 4) is 23.3 Å². The van der Waals surface area contributed by atoms with E-state index in [2.05, 4.69) is 27.6 Å². The zero-order valence-electron chi connectivity index (χ0n) is 24.6. The fourth-order valence-corrected chi connectivity index (χ4v) is 6.67. The molecule has 2 saturated heterocycles. The van der Waals surface area contributed by atoms with E-state index in [-0.39, 0.29) is 54.6 Å². The second-order valence-corrected chi connectivity index (χ2v) is 11.7. The van der Waals surface area contributed by atoms with Gasteiger partial charge in [0.15, 0.2) is 5.82 Å². The number of anilines is 1. The van der Waals surface area contributed by atoms with E-state index in [1.54, 1.807) is 11.0 Å². The molecule has 0 bridgehead atoms. The number of fused-ring (bicyclic) bond motifs is 2. The average Bonchev–Trinajstić information content (AvgIpc) is 3.36. The summed E-state index contributed by atoms with van der Waals surface area (Å²) in [7, 11) is 1.82. The van der Waals surface area contributed by atoms with Gasteiger partial charge in [-0.25, -0.2) is 13.2 Å². The summed E-state index contributed by atoms with van der Waals surface area (Å²) in [5.41, 5.74) is 1.97. The lowest BCUT2D eigenvalue weighted by molar-refractivity contribution is -0.128. The van der Waals surface area contributed by atoms with Gasteiger partial charge in [0, 0.05) is 44.0 Å². The van der Waals surface area contributed by atoms with Gasteiger partial charge in [-0.1, -0.05) is 6.58 Å². The first kappa shape index (κ1) is 29.8. The van der Waals surface area contributed by atoms with E-state index in [9.17, 15) is 18.8 Å². The number of hydrogen-bond acceptors (Lipinski definition) is 8. The molecule has 6 rings (SSSR count). The lowest BCUT2D eigenvalue weighted by Gasteiger charge is -2.41. The van der Waals surface area contributed by atoms with Gasteiger partial charge in [0.1, 0.15) is 35.6 Å². The maximum absolute atomic E-state index is 16.5. The van der Waals surface area contributed by atoms with Crippen LogP contribution in [-0.4, -0.2) is 88.7 Å². The summed E-state index contributed by atoms with van der Waals surface area (Å²) < 4.78 is 51.2. The van der Waals surface area contributed by atoms with Gasteiger partial charge in [-0.05, 0) is 68.5 Å². The molecule has 2 fully saturated rings. The molecular formula is C32H34F3N7O2. The Balaban J connectivity index is 1.43. The number of carbonyl (C=O) groups is 1. The summed E-state index contributed by atoms with van der Waals surface area (Å²) >= 11 is 0. The van der Waals surface area contributed by atoms with Crippen LogP contribution < -0.4 is 9.64 Å². The molecule has 1 aliphatic carbocycles. The maximum Gasteiger partial charge on any atom is 0.319 e. The van der Waals surface area contributed by atoms with Gasteiger partial charge >= 0.3 is 6.01 Å². The summed E-state index contributed by atoms with van der Waals surface area (Å²) in [6.45, 7) is 4.92. The third-order valence-corrected chi connectivity index (χ3v) is 8.99. The van der Waals surface area contributed by atoms with E-state index in [4.69, 9.17) is 4.74 Å². The number of carbonyl (C=O) groups excluding carboxylic acids is 1. The minimum absolute atomic E-state index is 0.00606. The Morgan fingerprint density at radius 1 is 1.16 bits per heavy atom. The van der Waals surface area contributed by atoms with Crippen molar-refractivity contribution in [2.24, 2.45) is 0 Å². The summed E-state index contributed by atoms with van der Waals surface area (Å²) in [5, 5.41) is 9.81. The normalized spacial score (nSPS) is 22.1. The molecule has 2 aromatic heterocycles. The van der Waals surface area contributed by atoms with E-state index in [0.717, 1.165) is 18.4 Å². The number of halogens is 3. The molecule has 0 spiro atoms. The van der Waals surface area contributed by atoms with Gasteiger partial charge < -0.3 is 14.5 Å². The molecule has 0 saturated carbocycles. The molecule has 230 valence electrons. The van der Waals surface area contributed by atoms with Crippen molar-refractivity contribution in [3.63, 3.8) is 0 Å². The molecule has 4 heterocycles. The Hall–Kier alpha value is -4.24. The average molecular weight is 606 g/mol. The number of likely N-dealkylation sites (N-methyl/N-ethyl adjacent to an activating group) is 1. The van der Waals surface area contributed by atoms with Gasteiger partial charge in [-0.15, -0.1) is 0 Å². The molecule has 44 heavy (non-hydrogen) atoms. The standard InChI is InChI=1S/C32H34F3N7O2/c1-3-27(43)42-13-12-41(17-20(42)10-11-36)31-25-15-37-29(24-8-9-26(34)23-7-5-4-6-22(23)24)28(35)30(25)38-32(39-31)44-18-21-14-19(33)16-40(21)2/h3,8-9,15,19-21H,1,4-7,10,12-14,16-18H2,2H3/t19-,20+,21+/m1/s1. The number of hydrogen-bond donors (Lipinski definition) is 0. The first-order valence-corrected chi connectivity index (χ1v) is 15.0. The molecule has 3 aromatic rings. The third kappa shape index (κ3) is 5.56. The van der Waals surface area contributed by atoms with Crippen molar-refractivity contribution >= 4 is 22.6 Å². The molecule has 9 nitrogen and oxygen atoms in total. The highest BCUT2D eigenvalue weighted by Gasteiger charge is 2.33. The van der Waals surface area contributed by atoms with Crippen molar-refractivity contribution < 1.29 is 22.7 Å². The first-order chi connectivity index (χ1) is 21.3. The molecule has 1 amide bonds. The van der Waals surface area contributed by atoms with Gasteiger partial charge in [-0.3, -0.25) is 14.7 Å². The fraction of sp³-hybridized carbons (Fsp3) is 0.469. The number of nitrogens with zero attached hydrogens (tertiary/aromatic N) is 7. The van der Waals surface area contributed by atoms with Crippen LogP contribution in [0.4, 0.5) is 19.0 Å². The smallest absolute Gasteiger partial charge is 0.319 e. The van der Waals surface area contributed by atoms with Crippen LogP contribution in [0.25, 0.3) is 22.2 Å². The van der Waals surface area contributed by atoms with Crippen LogP contribution in [0.1, 0.15) is 36.8 Å². The van der Waals surface area contributed by atoms with E-state index in [0.29, 0.717) is 61.2 Å². The van der Waals surface area contributed by atoms with Crippen molar-refractivity contribution in [1.29, 1.82) is 5.26 Å². The Morgan fingerprint density at radius 3 is 2.68 bits per heavy atom. The SMILES string of the molecule is C=CC(=O)N1CCN(c2nc(OC[C@@H]3C[C@@H](F)CN3C)nc3c(F)c(-c4ccc(F)c5c4CCCC5)ncc23)C[C@@H]1CC#N. The van der Waals surface area contributed by atoms with E-state index < -0.39 is 18.0 Å². The van der Waals surface area contributed by atoms with E-state index in [1.165, 1.54) is 18.3 Å². The van der Waals surface area contributed by atoms with Crippen molar-refractivity contribution in [1.82, 2.24) is 24.8 Å². The largest absolute Gasteiger partial charge is 0.462 e. The summed E-state index contributed by atoms with van der Waals surface area (Å²) in [6, 6.07) is 4.38. The second-order valence-electron chi connectivity index (χ2n) is 11.7. The van der Waals surface area contributed by atoms with Crippen LogP contribution >= 0.6 is 0 Å². The van der Waals surface area contributed by atoms with Crippen molar-refractivity contribution in [2.45, 2.75) is 56.8 Å². The van der Waals surface area contributed by atoms with Crippen LogP contribution in [0.5, 0.6) is 6.01 Å². The summed E-state index contributed by atoms with van der Waals surface area (Å²) in [5.74, 6) is -0.876. The number of amides is 1. The fourth-order valence-electron chi connectivity index (χ4n) is 6.67. The predicted molar refractivity (Wildman–Crippen MR) is 159 cm³/mol. The highest BCUT2D eigenvalue weighted by Crippen LogP contribution is 2.37. The number of piperazine rings is 1. The molecule has 0 radical (unpaired) electrons. The lowest BCUT2D eigenvalue weighted by Crippen LogP contribution is -2.55. The Kier molecular flexibility index (Phi) is 8.40. The number of nitriles is 1. The number of pyridine rings is 1. The summed E-state index contributed by atoms with van der Waals surface area (Å²) in [4.78, 5) is 31.5. The zero-order chi connectivity index (χ0) is 31.0. The lowest BCUT2D eigenvalue weighted by atomic mass is 9.86. The number of aromatic nitrogens is 3. The molecule has 12 heteroatoms. The minimum atomic E-state index is -0.957. The number of ether oxygens (including phenoxy) is 1. The van der Waals surface area contributed by atoms with Crippen LogP contribution in [0.15, 0.2) is 31.0 Å². The van der Waals surface area contributed by atoms with Crippen LogP contribution in [0, 0.1) is 23.0 Å². The Bertz CT molecular complexity index is 1640.